The molecule has 0 radical (unpaired) electrons. The van der Waals surface area contributed by atoms with Gasteiger partial charge in [-0.05, 0) is 18.6 Å². The Bertz CT molecular complexity index is 667. The van der Waals surface area contributed by atoms with E-state index in [2.05, 4.69) is 0 Å². The summed E-state index contributed by atoms with van der Waals surface area (Å²) in [6.07, 6.45) is 6.86. The second-order valence-electron chi connectivity index (χ2n) is 6.69. The lowest BCUT2D eigenvalue weighted by Crippen LogP contribution is -2.40. The largest absolute Gasteiger partial charge is 0.467 e. The van der Waals surface area contributed by atoms with E-state index < -0.39 is 17.4 Å². The predicted octanol–water partition coefficient (Wildman–Crippen LogP) is 1.90. The van der Waals surface area contributed by atoms with E-state index in [-0.39, 0.29) is 18.0 Å². The molecule has 4 atom stereocenters. The topological polar surface area (TPSA) is 69.0 Å². The van der Waals surface area contributed by atoms with Gasteiger partial charge in [0, 0.05) is 0 Å². The zero-order valence-corrected chi connectivity index (χ0v) is 13.6. The Morgan fingerprint density at radius 1 is 1.50 bits per heavy atom. The van der Waals surface area contributed by atoms with Crippen molar-refractivity contribution in [3.05, 3.63) is 36.3 Å². The van der Waals surface area contributed by atoms with Crippen molar-refractivity contribution in [1.82, 2.24) is 4.90 Å². The monoisotopic (exact) mass is 331 g/mol. The van der Waals surface area contributed by atoms with E-state index in [0.29, 0.717) is 19.7 Å². The molecule has 2 bridgehead atoms. The Hall–Kier alpha value is -2.08. The average Bonchev–Trinajstić information content (AvgIpc) is 3.31. The molecule has 2 unspecified atom stereocenters. The van der Waals surface area contributed by atoms with Crippen molar-refractivity contribution in [1.29, 1.82) is 0 Å². The summed E-state index contributed by atoms with van der Waals surface area (Å²) in [4.78, 5) is 27.1. The molecule has 4 heterocycles. The van der Waals surface area contributed by atoms with E-state index in [1.165, 1.54) is 0 Å². The molecule has 0 aliphatic carbocycles. The first-order valence-electron chi connectivity index (χ1n) is 8.49. The molecule has 4 rings (SSSR count). The van der Waals surface area contributed by atoms with Gasteiger partial charge < -0.3 is 18.8 Å². The molecule has 1 amide bonds. The summed E-state index contributed by atoms with van der Waals surface area (Å²) in [5, 5.41) is 0. The highest BCUT2D eigenvalue weighted by Crippen LogP contribution is 2.52. The Balaban J connectivity index is 1.52. The molecule has 6 heteroatoms. The number of furan rings is 1. The number of likely N-dealkylation sites (tertiary alicyclic amines) is 1. The molecule has 1 aromatic heterocycles. The lowest BCUT2D eigenvalue weighted by Gasteiger charge is -2.22. The fourth-order valence-electron chi connectivity index (χ4n) is 3.99. The normalized spacial score (nSPS) is 33.3. The van der Waals surface area contributed by atoms with Gasteiger partial charge >= 0.3 is 5.97 Å². The van der Waals surface area contributed by atoms with Gasteiger partial charge in [0.15, 0.2) is 0 Å². The highest BCUT2D eigenvalue weighted by molar-refractivity contribution is 5.91. The molecule has 0 N–H and O–H groups in total. The second-order valence-corrected chi connectivity index (χ2v) is 6.69. The van der Waals surface area contributed by atoms with E-state index in [0.717, 1.165) is 18.6 Å². The maximum absolute atomic E-state index is 12.9. The summed E-state index contributed by atoms with van der Waals surface area (Å²) in [6.45, 7) is 3.28. The zero-order chi connectivity index (χ0) is 16.7. The number of nitrogens with zero attached hydrogens (tertiary/aromatic N) is 1. The van der Waals surface area contributed by atoms with Crippen molar-refractivity contribution in [2.45, 2.75) is 38.0 Å². The third-order valence-electron chi connectivity index (χ3n) is 5.12. The minimum atomic E-state index is -0.692. The first-order valence-corrected chi connectivity index (χ1v) is 8.49. The van der Waals surface area contributed by atoms with Crippen LogP contribution in [0.2, 0.25) is 0 Å². The Morgan fingerprint density at radius 2 is 2.38 bits per heavy atom. The summed E-state index contributed by atoms with van der Waals surface area (Å²) in [7, 11) is 0. The molecule has 1 aromatic rings. The van der Waals surface area contributed by atoms with Crippen molar-refractivity contribution in [3.8, 4) is 0 Å². The van der Waals surface area contributed by atoms with Crippen molar-refractivity contribution < 1.29 is 23.5 Å². The molecular weight excluding hydrogens is 310 g/mol. The number of carbonyl (C=O) groups is 2. The number of ether oxygens (including phenoxy) is 2. The number of hydrogen-bond acceptors (Lipinski definition) is 5. The van der Waals surface area contributed by atoms with Crippen LogP contribution < -0.4 is 0 Å². The number of fused-ring (bicyclic) bond motifs is 1. The molecule has 128 valence electrons. The zero-order valence-electron chi connectivity index (χ0n) is 13.6. The van der Waals surface area contributed by atoms with Crippen LogP contribution in [0.25, 0.3) is 0 Å². The second kappa shape index (κ2) is 5.77. The summed E-state index contributed by atoms with van der Waals surface area (Å²) in [6, 6.07) is 3.63. The van der Waals surface area contributed by atoms with E-state index in [9.17, 15) is 9.59 Å². The molecular formula is C18H21NO5. The summed E-state index contributed by atoms with van der Waals surface area (Å²) < 4.78 is 16.7. The maximum Gasteiger partial charge on any atom is 0.312 e. The number of esters is 1. The lowest BCUT2D eigenvalue weighted by molar-refractivity contribution is -0.154. The van der Waals surface area contributed by atoms with Crippen LogP contribution in [0.5, 0.6) is 0 Å². The van der Waals surface area contributed by atoms with Gasteiger partial charge in [-0.25, -0.2) is 0 Å². The quantitative estimate of drug-likeness (QED) is 0.452. The number of amides is 1. The average molecular weight is 331 g/mol. The molecule has 6 nitrogen and oxygen atoms in total. The number of carbonyl (C=O) groups excluding carboxylic acids is 2. The van der Waals surface area contributed by atoms with Crippen LogP contribution in [-0.2, 0) is 25.6 Å². The number of rotatable bonds is 6. The van der Waals surface area contributed by atoms with Crippen molar-refractivity contribution in [3.63, 3.8) is 0 Å². The summed E-state index contributed by atoms with van der Waals surface area (Å²) in [5.41, 5.74) is -0.692. The molecule has 0 saturated carbocycles. The molecule has 3 aliphatic heterocycles. The predicted molar refractivity (Wildman–Crippen MR) is 83.7 cm³/mol. The van der Waals surface area contributed by atoms with Crippen molar-refractivity contribution in [2.24, 2.45) is 11.8 Å². The standard InChI is InChI=1S/C18H21NO5/c1-2-3-8-23-17(21)14-13-6-7-18(24-13)11-19(16(20)15(14)18)10-12-5-4-9-22-12/h4-7,9,13-15H,2-3,8,10-11H2,1H3/t13-,14?,15-,18?/m0/s1. The van der Waals surface area contributed by atoms with Crippen LogP contribution >= 0.6 is 0 Å². The van der Waals surface area contributed by atoms with Crippen LogP contribution in [0.15, 0.2) is 35.0 Å². The van der Waals surface area contributed by atoms with E-state index in [1.807, 2.05) is 25.1 Å². The van der Waals surface area contributed by atoms with Crippen LogP contribution in [0.3, 0.4) is 0 Å². The Kier molecular flexibility index (Phi) is 3.72. The molecule has 1 spiro atoms. The molecule has 24 heavy (non-hydrogen) atoms. The van der Waals surface area contributed by atoms with Crippen LogP contribution in [0, 0.1) is 11.8 Å². The molecule has 2 fully saturated rings. The Labute approximate surface area is 140 Å². The van der Waals surface area contributed by atoms with Crippen LogP contribution in [0.4, 0.5) is 0 Å². The fourth-order valence-corrected chi connectivity index (χ4v) is 3.99. The van der Waals surface area contributed by atoms with E-state index in [4.69, 9.17) is 13.9 Å². The van der Waals surface area contributed by atoms with Crippen molar-refractivity contribution >= 4 is 11.9 Å². The smallest absolute Gasteiger partial charge is 0.312 e. The highest BCUT2D eigenvalue weighted by atomic mass is 16.6. The first-order chi connectivity index (χ1) is 11.6. The number of hydrogen-bond donors (Lipinski definition) is 0. The van der Waals surface area contributed by atoms with Crippen molar-refractivity contribution in [2.75, 3.05) is 13.2 Å². The fraction of sp³-hybridized carbons (Fsp3) is 0.556. The minimum absolute atomic E-state index is 0.0595. The highest BCUT2D eigenvalue weighted by Gasteiger charge is 2.67. The lowest BCUT2D eigenvalue weighted by atomic mass is 9.77. The van der Waals surface area contributed by atoms with Crippen LogP contribution in [-0.4, -0.2) is 41.6 Å². The number of unbranched alkanes of at least 4 members (excludes halogenated alkanes) is 1. The van der Waals surface area contributed by atoms with Crippen LogP contribution in [0.1, 0.15) is 25.5 Å². The SMILES string of the molecule is CCCCOC(=O)C1[C@@H]2C=CC3(CN(Cc4ccco4)C(=O)[C@H]13)O2. The summed E-state index contributed by atoms with van der Waals surface area (Å²) >= 11 is 0. The molecule has 0 aromatic carbocycles. The third-order valence-corrected chi connectivity index (χ3v) is 5.12. The van der Waals surface area contributed by atoms with Gasteiger partial charge in [0.05, 0.1) is 38.0 Å². The maximum atomic E-state index is 12.9. The third kappa shape index (κ3) is 2.28. The minimum Gasteiger partial charge on any atom is -0.467 e. The van der Waals surface area contributed by atoms with Gasteiger partial charge in [-0.15, -0.1) is 0 Å². The van der Waals surface area contributed by atoms with Gasteiger partial charge in [-0.3, -0.25) is 9.59 Å². The van der Waals surface area contributed by atoms with E-state index in [1.54, 1.807) is 17.2 Å². The van der Waals surface area contributed by atoms with Gasteiger partial charge in [-0.2, -0.15) is 0 Å². The van der Waals surface area contributed by atoms with Gasteiger partial charge in [-0.1, -0.05) is 25.5 Å². The molecule has 3 aliphatic rings. The van der Waals surface area contributed by atoms with Gasteiger partial charge in [0.25, 0.3) is 0 Å². The van der Waals surface area contributed by atoms with Gasteiger partial charge in [0.2, 0.25) is 5.91 Å². The summed E-state index contributed by atoms with van der Waals surface area (Å²) in [5.74, 6) is -0.688. The van der Waals surface area contributed by atoms with E-state index >= 15 is 0 Å². The van der Waals surface area contributed by atoms with Gasteiger partial charge in [0.1, 0.15) is 17.3 Å². The molecule has 2 saturated heterocycles. The Morgan fingerprint density at radius 3 is 3.12 bits per heavy atom. The first kappa shape index (κ1) is 15.4.